The number of nitrogens with zero attached hydrogens (tertiary/aromatic N) is 2. The number of nitrogens with one attached hydrogen (secondary N) is 2. The summed E-state index contributed by atoms with van der Waals surface area (Å²) in [4.78, 5) is 25.5. The first-order valence-electron chi connectivity index (χ1n) is 9.96. The minimum absolute atomic E-state index is 0.148. The normalized spacial score (nSPS) is 10.7. The summed E-state index contributed by atoms with van der Waals surface area (Å²) < 4.78 is 1.67. The predicted octanol–water partition coefficient (Wildman–Crippen LogP) is 5.45. The smallest absolute Gasteiger partial charge is 0.251 e. The molecule has 2 aromatic heterocycles. The third-order valence-corrected chi connectivity index (χ3v) is 5.99. The van der Waals surface area contributed by atoms with Crippen LogP contribution in [0.2, 0.25) is 5.02 Å². The molecule has 2 aromatic carbocycles. The van der Waals surface area contributed by atoms with Gasteiger partial charge in [-0.15, -0.1) is 11.3 Å². The Bertz CT molecular complexity index is 1250. The number of thiophene rings is 1. The van der Waals surface area contributed by atoms with E-state index in [0.29, 0.717) is 22.9 Å². The van der Waals surface area contributed by atoms with Crippen LogP contribution in [-0.4, -0.2) is 21.6 Å². The Morgan fingerprint density at radius 2 is 1.78 bits per heavy atom. The average molecular weight is 465 g/mol. The van der Waals surface area contributed by atoms with Crippen LogP contribution < -0.4 is 10.6 Å². The van der Waals surface area contributed by atoms with Crippen molar-refractivity contribution in [2.24, 2.45) is 0 Å². The van der Waals surface area contributed by atoms with Crippen LogP contribution in [0.3, 0.4) is 0 Å². The summed E-state index contributed by atoms with van der Waals surface area (Å²) in [5.74, 6) is 0.212. The van der Waals surface area contributed by atoms with Crippen molar-refractivity contribution in [3.63, 3.8) is 0 Å². The maximum atomic E-state index is 12.5. The first-order chi connectivity index (χ1) is 15.4. The summed E-state index contributed by atoms with van der Waals surface area (Å²) >= 11 is 7.63. The van der Waals surface area contributed by atoms with Gasteiger partial charge in [0.15, 0.2) is 0 Å². The number of anilines is 1. The maximum Gasteiger partial charge on any atom is 0.251 e. The highest BCUT2D eigenvalue weighted by Crippen LogP contribution is 2.34. The van der Waals surface area contributed by atoms with Crippen molar-refractivity contribution in [2.45, 2.75) is 20.4 Å². The van der Waals surface area contributed by atoms with Crippen molar-refractivity contribution < 1.29 is 9.59 Å². The molecule has 8 heteroatoms. The van der Waals surface area contributed by atoms with Gasteiger partial charge in [-0.3, -0.25) is 9.59 Å². The van der Waals surface area contributed by atoms with E-state index in [1.54, 1.807) is 40.3 Å². The molecule has 0 atom stereocenters. The fourth-order valence-electron chi connectivity index (χ4n) is 3.40. The molecule has 0 aliphatic heterocycles. The largest absolute Gasteiger partial charge is 0.347 e. The standard InChI is InChI=1S/C24H21ClN4O2S/c1-15-22(17-5-9-19(25)10-6-17)23(27-16(2)30)29(28-15)20-11-7-18(8-12-20)24(31)26-14-21-4-3-13-32-21/h3-13H,14H2,1-2H3,(H,26,31)(H,27,30). The Balaban J connectivity index is 1.64. The number of amides is 2. The monoisotopic (exact) mass is 464 g/mol. The van der Waals surface area contributed by atoms with E-state index in [9.17, 15) is 9.59 Å². The topological polar surface area (TPSA) is 76.0 Å². The van der Waals surface area contributed by atoms with Gasteiger partial charge >= 0.3 is 0 Å². The molecule has 0 aliphatic rings. The number of carbonyl (C=O) groups excluding carboxylic acids is 2. The number of aryl methyl sites for hydroxylation is 1. The molecule has 0 fully saturated rings. The van der Waals surface area contributed by atoms with Crippen molar-refractivity contribution >= 4 is 40.6 Å². The van der Waals surface area contributed by atoms with Crippen LogP contribution in [0.4, 0.5) is 5.82 Å². The highest BCUT2D eigenvalue weighted by Gasteiger charge is 2.19. The van der Waals surface area contributed by atoms with Crippen LogP contribution >= 0.6 is 22.9 Å². The van der Waals surface area contributed by atoms with Gasteiger partial charge in [0.05, 0.1) is 17.9 Å². The zero-order valence-electron chi connectivity index (χ0n) is 17.6. The van der Waals surface area contributed by atoms with Crippen LogP contribution in [0.25, 0.3) is 16.8 Å². The number of aromatic nitrogens is 2. The molecule has 0 unspecified atom stereocenters. The molecule has 0 aliphatic carbocycles. The minimum Gasteiger partial charge on any atom is -0.347 e. The molecule has 6 nitrogen and oxygen atoms in total. The van der Waals surface area contributed by atoms with E-state index in [2.05, 4.69) is 15.7 Å². The number of hydrogen-bond donors (Lipinski definition) is 2. The lowest BCUT2D eigenvalue weighted by atomic mass is 10.1. The third kappa shape index (κ3) is 4.74. The summed E-state index contributed by atoms with van der Waals surface area (Å²) in [7, 11) is 0. The highest BCUT2D eigenvalue weighted by molar-refractivity contribution is 7.09. The molecular weight excluding hydrogens is 444 g/mol. The Kier molecular flexibility index (Phi) is 6.39. The van der Waals surface area contributed by atoms with E-state index < -0.39 is 0 Å². The summed E-state index contributed by atoms with van der Waals surface area (Å²) in [5.41, 5.74) is 3.75. The van der Waals surface area contributed by atoms with Gasteiger partial charge in [0.2, 0.25) is 5.91 Å². The van der Waals surface area contributed by atoms with Crippen molar-refractivity contribution in [1.29, 1.82) is 0 Å². The van der Waals surface area contributed by atoms with E-state index in [1.165, 1.54) is 6.92 Å². The Labute approximate surface area is 194 Å². The van der Waals surface area contributed by atoms with Crippen molar-refractivity contribution in [2.75, 3.05) is 5.32 Å². The van der Waals surface area contributed by atoms with E-state index >= 15 is 0 Å². The minimum atomic E-state index is -0.203. The van der Waals surface area contributed by atoms with Gasteiger partial charge in [0.25, 0.3) is 5.91 Å². The molecule has 4 rings (SSSR count). The maximum absolute atomic E-state index is 12.5. The summed E-state index contributed by atoms with van der Waals surface area (Å²) in [6.45, 7) is 3.84. The predicted molar refractivity (Wildman–Crippen MR) is 129 cm³/mol. The first kappa shape index (κ1) is 21.8. The highest BCUT2D eigenvalue weighted by atomic mass is 35.5. The second kappa shape index (κ2) is 9.38. The second-order valence-electron chi connectivity index (χ2n) is 7.22. The summed E-state index contributed by atoms with van der Waals surface area (Å²) in [6.07, 6.45) is 0. The zero-order chi connectivity index (χ0) is 22.7. The van der Waals surface area contributed by atoms with Crippen LogP contribution in [0.1, 0.15) is 27.9 Å². The molecule has 0 spiro atoms. The van der Waals surface area contributed by atoms with E-state index in [0.717, 1.165) is 27.4 Å². The van der Waals surface area contributed by atoms with Gasteiger partial charge in [-0.05, 0) is 60.3 Å². The second-order valence-corrected chi connectivity index (χ2v) is 8.69. The van der Waals surface area contributed by atoms with E-state index in [-0.39, 0.29) is 11.8 Å². The quantitative estimate of drug-likeness (QED) is 0.398. The first-order valence-corrected chi connectivity index (χ1v) is 11.2. The SMILES string of the molecule is CC(=O)Nc1c(-c2ccc(Cl)cc2)c(C)nn1-c1ccc(C(=O)NCc2cccs2)cc1. The van der Waals surface area contributed by atoms with Crippen LogP contribution in [0.15, 0.2) is 66.0 Å². The lowest BCUT2D eigenvalue weighted by Gasteiger charge is -2.11. The number of carbonyl (C=O) groups is 2. The fourth-order valence-corrected chi connectivity index (χ4v) is 4.17. The van der Waals surface area contributed by atoms with Crippen LogP contribution in [-0.2, 0) is 11.3 Å². The number of hydrogen-bond acceptors (Lipinski definition) is 4. The molecule has 2 amide bonds. The number of benzene rings is 2. The van der Waals surface area contributed by atoms with Gasteiger partial charge in [-0.1, -0.05) is 29.8 Å². The molecular formula is C24H21ClN4O2S. The van der Waals surface area contributed by atoms with Crippen molar-refractivity contribution in [3.05, 3.63) is 87.2 Å². The molecule has 2 N–H and O–H groups in total. The zero-order valence-corrected chi connectivity index (χ0v) is 19.1. The van der Waals surface area contributed by atoms with Gasteiger partial charge in [-0.25, -0.2) is 4.68 Å². The van der Waals surface area contributed by atoms with Crippen LogP contribution in [0, 0.1) is 6.92 Å². The Morgan fingerprint density at radius 3 is 2.41 bits per heavy atom. The number of rotatable bonds is 6. The van der Waals surface area contributed by atoms with E-state index in [1.807, 2.05) is 48.7 Å². The average Bonchev–Trinajstić information content (AvgIpc) is 3.41. The van der Waals surface area contributed by atoms with Crippen molar-refractivity contribution in [3.8, 4) is 16.8 Å². The lowest BCUT2D eigenvalue weighted by molar-refractivity contribution is -0.114. The summed E-state index contributed by atoms with van der Waals surface area (Å²) in [6, 6.07) is 18.4. The van der Waals surface area contributed by atoms with Gasteiger partial charge in [0.1, 0.15) is 5.82 Å². The van der Waals surface area contributed by atoms with E-state index in [4.69, 9.17) is 11.6 Å². The lowest BCUT2D eigenvalue weighted by Crippen LogP contribution is -2.22. The molecule has 0 bridgehead atoms. The molecule has 0 radical (unpaired) electrons. The fraction of sp³-hybridized carbons (Fsp3) is 0.125. The molecule has 2 heterocycles. The molecule has 4 aromatic rings. The van der Waals surface area contributed by atoms with Crippen molar-refractivity contribution in [1.82, 2.24) is 15.1 Å². The Hall–Kier alpha value is -3.42. The Morgan fingerprint density at radius 1 is 1.06 bits per heavy atom. The molecule has 0 saturated heterocycles. The molecule has 32 heavy (non-hydrogen) atoms. The van der Waals surface area contributed by atoms with Gasteiger partial charge in [-0.2, -0.15) is 5.10 Å². The van der Waals surface area contributed by atoms with Gasteiger partial charge in [0, 0.05) is 28.0 Å². The van der Waals surface area contributed by atoms with Gasteiger partial charge < -0.3 is 10.6 Å². The molecule has 162 valence electrons. The third-order valence-electron chi connectivity index (χ3n) is 4.87. The summed E-state index contributed by atoms with van der Waals surface area (Å²) in [5, 5.41) is 13.1. The molecule has 0 saturated carbocycles. The van der Waals surface area contributed by atoms with Crippen LogP contribution in [0.5, 0.6) is 0 Å². The number of halogens is 1.